The SMILES string of the molecule is COCOc1cccc(/C=C/C(=O)C(C)(CC2CCC2)C(=O)/C=C/c2cccc(OC)c2)c1. The van der Waals surface area contributed by atoms with E-state index in [1.807, 2.05) is 48.5 Å². The molecule has 0 heterocycles. The van der Waals surface area contributed by atoms with Gasteiger partial charge in [0, 0.05) is 7.11 Å². The zero-order valence-electron chi connectivity index (χ0n) is 19.6. The van der Waals surface area contributed by atoms with Crippen LogP contribution in [-0.4, -0.2) is 32.6 Å². The third-order valence-electron chi connectivity index (χ3n) is 6.16. The number of benzene rings is 2. The quantitative estimate of drug-likeness (QED) is 0.235. The van der Waals surface area contributed by atoms with Crippen LogP contribution in [0.2, 0.25) is 0 Å². The largest absolute Gasteiger partial charge is 0.497 e. The number of carbonyl (C=O) groups is 2. The van der Waals surface area contributed by atoms with E-state index in [2.05, 4.69) is 0 Å². The second kappa shape index (κ2) is 11.6. The molecule has 2 aromatic carbocycles. The van der Waals surface area contributed by atoms with E-state index in [9.17, 15) is 9.59 Å². The number of hydrogen-bond acceptors (Lipinski definition) is 5. The molecule has 1 aliphatic rings. The first kappa shape index (κ1) is 24.5. The summed E-state index contributed by atoms with van der Waals surface area (Å²) in [6, 6.07) is 14.9. The zero-order chi connectivity index (χ0) is 23.7. The number of hydrogen-bond donors (Lipinski definition) is 0. The van der Waals surface area contributed by atoms with E-state index < -0.39 is 5.41 Å². The first-order valence-electron chi connectivity index (χ1n) is 11.3. The van der Waals surface area contributed by atoms with Gasteiger partial charge in [-0.25, -0.2) is 0 Å². The Bertz CT molecular complexity index is 1020. The minimum absolute atomic E-state index is 0.152. The molecule has 1 atom stereocenters. The third kappa shape index (κ3) is 6.65. The first-order chi connectivity index (χ1) is 15.9. The standard InChI is InChI=1S/C28H32O5/c1-28(19-23-9-4-10-23,26(29)15-13-21-7-5-11-24(17-21)32-3)27(30)16-14-22-8-6-12-25(18-22)33-20-31-2/h5-8,11-18,23H,4,9-10,19-20H2,1-3H3/b15-13+,16-14+. The molecule has 1 fully saturated rings. The topological polar surface area (TPSA) is 61.8 Å². The molecule has 0 aromatic heterocycles. The fourth-order valence-electron chi connectivity index (χ4n) is 3.89. The fourth-order valence-corrected chi connectivity index (χ4v) is 3.89. The minimum Gasteiger partial charge on any atom is -0.497 e. The lowest BCUT2D eigenvalue weighted by Gasteiger charge is -2.33. The molecule has 0 bridgehead atoms. The molecule has 5 nitrogen and oxygen atoms in total. The van der Waals surface area contributed by atoms with Crippen LogP contribution in [-0.2, 0) is 14.3 Å². The smallest absolute Gasteiger partial charge is 0.188 e. The Morgan fingerprint density at radius 3 is 2.03 bits per heavy atom. The second-order valence-electron chi connectivity index (χ2n) is 8.63. The number of allylic oxidation sites excluding steroid dienone is 2. The van der Waals surface area contributed by atoms with Gasteiger partial charge in [0.05, 0.1) is 12.5 Å². The molecule has 33 heavy (non-hydrogen) atoms. The van der Waals surface area contributed by atoms with E-state index >= 15 is 0 Å². The average molecular weight is 449 g/mol. The summed E-state index contributed by atoms with van der Waals surface area (Å²) >= 11 is 0. The number of methoxy groups -OCH3 is 2. The summed E-state index contributed by atoms with van der Waals surface area (Å²) in [6.07, 6.45) is 10.4. The molecule has 1 unspecified atom stereocenters. The van der Waals surface area contributed by atoms with Crippen molar-refractivity contribution in [3.8, 4) is 11.5 Å². The van der Waals surface area contributed by atoms with Crippen molar-refractivity contribution in [3.05, 3.63) is 71.8 Å². The van der Waals surface area contributed by atoms with Crippen molar-refractivity contribution in [2.45, 2.75) is 32.6 Å². The Morgan fingerprint density at radius 2 is 1.52 bits per heavy atom. The summed E-state index contributed by atoms with van der Waals surface area (Å²) < 4.78 is 15.6. The molecular formula is C28H32O5. The molecule has 174 valence electrons. The maximum atomic E-state index is 13.3. The monoisotopic (exact) mass is 448 g/mol. The van der Waals surface area contributed by atoms with Crippen LogP contribution >= 0.6 is 0 Å². The number of ketones is 2. The Kier molecular flexibility index (Phi) is 8.61. The van der Waals surface area contributed by atoms with E-state index in [-0.39, 0.29) is 18.4 Å². The third-order valence-corrected chi connectivity index (χ3v) is 6.16. The molecule has 1 aliphatic carbocycles. The molecule has 5 heteroatoms. The number of carbonyl (C=O) groups excluding carboxylic acids is 2. The summed E-state index contributed by atoms with van der Waals surface area (Å²) in [6.45, 7) is 1.92. The predicted octanol–water partition coefficient (Wildman–Crippen LogP) is 5.74. The normalized spacial score (nSPS) is 15.8. The number of ether oxygens (including phenoxy) is 3. The van der Waals surface area contributed by atoms with Crippen LogP contribution in [0.25, 0.3) is 12.2 Å². The van der Waals surface area contributed by atoms with Crippen molar-refractivity contribution < 1.29 is 23.8 Å². The summed E-state index contributed by atoms with van der Waals surface area (Å²) in [5, 5.41) is 0. The van der Waals surface area contributed by atoms with Crippen LogP contribution in [0.1, 0.15) is 43.7 Å². The molecular weight excluding hydrogens is 416 g/mol. The summed E-state index contributed by atoms with van der Waals surface area (Å²) in [5.41, 5.74) is 0.577. The van der Waals surface area contributed by atoms with Crippen LogP contribution in [0.3, 0.4) is 0 Å². The van der Waals surface area contributed by atoms with E-state index in [0.717, 1.165) is 36.1 Å². The van der Waals surface area contributed by atoms with Gasteiger partial charge >= 0.3 is 0 Å². The summed E-state index contributed by atoms with van der Waals surface area (Å²) in [7, 11) is 3.17. The molecule has 0 N–H and O–H groups in total. The van der Waals surface area contributed by atoms with Gasteiger partial charge in [0.15, 0.2) is 18.4 Å². The van der Waals surface area contributed by atoms with Crippen LogP contribution in [0.4, 0.5) is 0 Å². The van der Waals surface area contributed by atoms with Gasteiger partial charge in [0.1, 0.15) is 11.5 Å². The molecule has 1 saturated carbocycles. The Balaban J connectivity index is 1.78. The van der Waals surface area contributed by atoms with Crippen molar-refractivity contribution in [1.82, 2.24) is 0 Å². The van der Waals surface area contributed by atoms with Crippen molar-refractivity contribution in [2.24, 2.45) is 11.3 Å². The zero-order valence-corrected chi connectivity index (χ0v) is 19.6. The Morgan fingerprint density at radius 1 is 0.939 bits per heavy atom. The van der Waals surface area contributed by atoms with E-state index in [1.54, 1.807) is 33.3 Å². The van der Waals surface area contributed by atoms with Crippen LogP contribution in [0.5, 0.6) is 11.5 Å². The van der Waals surface area contributed by atoms with Gasteiger partial charge in [-0.2, -0.15) is 0 Å². The molecule has 0 radical (unpaired) electrons. The Labute approximate surface area is 196 Å². The van der Waals surface area contributed by atoms with Gasteiger partial charge in [0.2, 0.25) is 0 Å². The second-order valence-corrected chi connectivity index (χ2v) is 8.63. The highest BCUT2D eigenvalue weighted by atomic mass is 16.7. The van der Waals surface area contributed by atoms with Gasteiger partial charge < -0.3 is 14.2 Å². The van der Waals surface area contributed by atoms with Gasteiger partial charge in [-0.05, 0) is 66.8 Å². The van der Waals surface area contributed by atoms with Crippen molar-refractivity contribution >= 4 is 23.7 Å². The van der Waals surface area contributed by atoms with Crippen LogP contribution < -0.4 is 9.47 Å². The van der Waals surface area contributed by atoms with Gasteiger partial charge in [-0.1, -0.05) is 55.7 Å². The van der Waals surface area contributed by atoms with Crippen molar-refractivity contribution in [3.63, 3.8) is 0 Å². The maximum absolute atomic E-state index is 13.3. The lowest BCUT2D eigenvalue weighted by atomic mass is 9.68. The van der Waals surface area contributed by atoms with Crippen molar-refractivity contribution in [2.75, 3.05) is 21.0 Å². The lowest BCUT2D eigenvalue weighted by Crippen LogP contribution is -2.37. The Hall–Kier alpha value is -3.18. The fraction of sp³-hybridized carbons (Fsp3) is 0.357. The van der Waals surface area contributed by atoms with E-state index in [0.29, 0.717) is 18.1 Å². The number of rotatable bonds is 12. The summed E-state index contributed by atoms with van der Waals surface area (Å²) in [5.74, 6) is 1.42. The molecule has 0 amide bonds. The molecule has 0 spiro atoms. The van der Waals surface area contributed by atoms with Gasteiger partial charge in [0.25, 0.3) is 0 Å². The molecule has 0 aliphatic heterocycles. The highest BCUT2D eigenvalue weighted by molar-refractivity contribution is 6.17. The van der Waals surface area contributed by atoms with Crippen LogP contribution in [0, 0.1) is 11.3 Å². The lowest BCUT2D eigenvalue weighted by molar-refractivity contribution is -0.135. The highest BCUT2D eigenvalue weighted by Gasteiger charge is 2.41. The highest BCUT2D eigenvalue weighted by Crippen LogP contribution is 2.39. The van der Waals surface area contributed by atoms with Gasteiger partial charge in [-0.3, -0.25) is 9.59 Å². The van der Waals surface area contributed by atoms with Crippen LogP contribution in [0.15, 0.2) is 60.7 Å². The maximum Gasteiger partial charge on any atom is 0.188 e. The summed E-state index contributed by atoms with van der Waals surface area (Å²) in [4.78, 5) is 26.6. The van der Waals surface area contributed by atoms with E-state index in [1.165, 1.54) is 12.2 Å². The predicted molar refractivity (Wildman–Crippen MR) is 130 cm³/mol. The average Bonchev–Trinajstić information content (AvgIpc) is 2.82. The molecule has 2 aromatic rings. The van der Waals surface area contributed by atoms with Gasteiger partial charge in [-0.15, -0.1) is 0 Å². The first-order valence-corrected chi connectivity index (χ1v) is 11.3. The van der Waals surface area contributed by atoms with Crippen molar-refractivity contribution in [1.29, 1.82) is 0 Å². The van der Waals surface area contributed by atoms with E-state index in [4.69, 9.17) is 14.2 Å². The molecule has 0 saturated heterocycles. The minimum atomic E-state index is -1.10. The molecule has 3 rings (SSSR count).